The molecule has 6 heteroatoms. The normalized spacial score (nSPS) is 13.4. The molecule has 0 saturated heterocycles. The van der Waals surface area contributed by atoms with Crippen LogP contribution in [0.5, 0.6) is 11.5 Å². The van der Waals surface area contributed by atoms with Gasteiger partial charge in [0, 0.05) is 23.1 Å². The molecule has 132 valence electrons. The molecule has 1 aliphatic heterocycles. The summed E-state index contributed by atoms with van der Waals surface area (Å²) in [4.78, 5) is 14.5. The highest BCUT2D eigenvalue weighted by Crippen LogP contribution is 2.33. The third-order valence-electron chi connectivity index (χ3n) is 4.43. The zero-order valence-corrected chi connectivity index (χ0v) is 15.7. The van der Waals surface area contributed by atoms with E-state index in [-0.39, 0.29) is 12.3 Å². The van der Waals surface area contributed by atoms with Crippen molar-refractivity contribution < 1.29 is 14.3 Å². The largest absolute Gasteiger partial charge is 0.493 e. The van der Waals surface area contributed by atoms with Crippen LogP contribution in [-0.2, 0) is 24.2 Å². The number of carbonyl (C=O) groups excluding carboxylic acids is 1. The molecule has 2 aromatic rings. The first-order valence-corrected chi connectivity index (χ1v) is 8.73. The first kappa shape index (κ1) is 17.9. The fourth-order valence-corrected chi connectivity index (χ4v) is 3.51. The smallest absolute Gasteiger partial charge is 0.227 e. The Hall–Kier alpha value is -1.91. The molecule has 1 amide bonds. The number of methoxy groups -OCH3 is 2. The first-order chi connectivity index (χ1) is 12.0. The molecule has 0 aromatic heterocycles. The number of fused-ring (bicyclic) bond motifs is 1. The maximum absolute atomic E-state index is 12.7. The van der Waals surface area contributed by atoms with Gasteiger partial charge in [0.15, 0.2) is 11.5 Å². The molecule has 0 N–H and O–H groups in total. The first-order valence-electron chi connectivity index (χ1n) is 7.97. The van der Waals surface area contributed by atoms with Crippen LogP contribution in [0.1, 0.15) is 16.7 Å². The molecule has 0 saturated carbocycles. The third kappa shape index (κ3) is 3.86. The van der Waals surface area contributed by atoms with Gasteiger partial charge >= 0.3 is 0 Å². The summed E-state index contributed by atoms with van der Waals surface area (Å²) in [7, 11) is 3.23. The summed E-state index contributed by atoms with van der Waals surface area (Å²) in [6, 6.07) is 9.15. The second kappa shape index (κ2) is 7.54. The molecule has 25 heavy (non-hydrogen) atoms. The predicted octanol–water partition coefficient (Wildman–Crippen LogP) is 4.14. The second-order valence-corrected chi connectivity index (χ2v) is 6.80. The van der Waals surface area contributed by atoms with Gasteiger partial charge in [0.1, 0.15) is 0 Å². The maximum atomic E-state index is 12.7. The van der Waals surface area contributed by atoms with Crippen molar-refractivity contribution in [1.82, 2.24) is 4.90 Å². The quantitative estimate of drug-likeness (QED) is 0.801. The van der Waals surface area contributed by atoms with E-state index in [4.69, 9.17) is 32.7 Å². The molecule has 0 aliphatic carbocycles. The highest BCUT2D eigenvalue weighted by molar-refractivity contribution is 6.35. The van der Waals surface area contributed by atoms with E-state index in [1.807, 2.05) is 17.0 Å². The van der Waals surface area contributed by atoms with Crippen molar-refractivity contribution in [3.63, 3.8) is 0 Å². The molecular weight excluding hydrogens is 361 g/mol. The SMILES string of the molecule is COc1cc2c(cc1OC)CN(C(=O)Cc1ccc(Cl)cc1Cl)CC2. The Bertz CT molecular complexity index is 807. The lowest BCUT2D eigenvalue weighted by Gasteiger charge is -2.30. The minimum absolute atomic E-state index is 0.0460. The Kier molecular flexibility index (Phi) is 5.40. The van der Waals surface area contributed by atoms with Crippen molar-refractivity contribution in [2.24, 2.45) is 0 Å². The highest BCUT2D eigenvalue weighted by atomic mass is 35.5. The fraction of sp³-hybridized carbons (Fsp3) is 0.316. The van der Waals surface area contributed by atoms with Crippen LogP contribution in [0.2, 0.25) is 10.0 Å². The lowest BCUT2D eigenvalue weighted by atomic mass is 9.98. The minimum atomic E-state index is 0.0460. The van der Waals surface area contributed by atoms with Crippen molar-refractivity contribution in [2.75, 3.05) is 20.8 Å². The van der Waals surface area contributed by atoms with E-state index in [1.54, 1.807) is 32.4 Å². The van der Waals surface area contributed by atoms with Gasteiger partial charge in [0.05, 0.1) is 20.6 Å². The van der Waals surface area contributed by atoms with E-state index in [0.29, 0.717) is 34.6 Å². The zero-order chi connectivity index (χ0) is 18.0. The average molecular weight is 380 g/mol. The van der Waals surface area contributed by atoms with Crippen molar-refractivity contribution in [2.45, 2.75) is 19.4 Å². The molecule has 0 radical (unpaired) electrons. The van der Waals surface area contributed by atoms with Crippen molar-refractivity contribution >= 4 is 29.1 Å². The number of hydrogen-bond acceptors (Lipinski definition) is 3. The second-order valence-electron chi connectivity index (χ2n) is 5.95. The van der Waals surface area contributed by atoms with Gasteiger partial charge < -0.3 is 14.4 Å². The van der Waals surface area contributed by atoms with Crippen LogP contribution in [0.15, 0.2) is 30.3 Å². The van der Waals surface area contributed by atoms with Crippen LogP contribution < -0.4 is 9.47 Å². The van der Waals surface area contributed by atoms with Crippen LogP contribution in [-0.4, -0.2) is 31.6 Å². The van der Waals surface area contributed by atoms with Crippen LogP contribution >= 0.6 is 23.2 Å². The minimum Gasteiger partial charge on any atom is -0.493 e. The number of halogens is 2. The monoisotopic (exact) mass is 379 g/mol. The van der Waals surface area contributed by atoms with E-state index in [2.05, 4.69) is 0 Å². The molecule has 1 aliphatic rings. The average Bonchev–Trinajstić information content (AvgIpc) is 2.62. The van der Waals surface area contributed by atoms with E-state index in [0.717, 1.165) is 17.5 Å². The molecule has 4 nitrogen and oxygen atoms in total. The van der Waals surface area contributed by atoms with Gasteiger partial charge in [-0.2, -0.15) is 0 Å². The van der Waals surface area contributed by atoms with Crippen LogP contribution in [0.4, 0.5) is 0 Å². The predicted molar refractivity (Wildman–Crippen MR) is 98.8 cm³/mol. The van der Waals surface area contributed by atoms with Crippen molar-refractivity contribution in [3.05, 3.63) is 57.1 Å². The lowest BCUT2D eigenvalue weighted by molar-refractivity contribution is -0.131. The molecule has 3 rings (SSSR count). The molecule has 2 aromatic carbocycles. The van der Waals surface area contributed by atoms with Gasteiger partial charge in [0.25, 0.3) is 0 Å². The summed E-state index contributed by atoms with van der Waals surface area (Å²) >= 11 is 12.1. The summed E-state index contributed by atoms with van der Waals surface area (Å²) in [5, 5.41) is 1.08. The fourth-order valence-electron chi connectivity index (χ4n) is 3.04. The van der Waals surface area contributed by atoms with Gasteiger partial charge in [0.2, 0.25) is 5.91 Å². The lowest BCUT2D eigenvalue weighted by Crippen LogP contribution is -2.37. The Balaban J connectivity index is 1.76. The summed E-state index contributed by atoms with van der Waals surface area (Å²) in [6.07, 6.45) is 1.05. The number of hydrogen-bond donors (Lipinski definition) is 0. The number of nitrogens with zero attached hydrogens (tertiary/aromatic N) is 1. The van der Waals surface area contributed by atoms with Crippen LogP contribution in [0.3, 0.4) is 0 Å². The van der Waals surface area contributed by atoms with E-state index < -0.39 is 0 Å². The Labute approximate surface area is 157 Å². The van der Waals surface area contributed by atoms with E-state index >= 15 is 0 Å². The Morgan fingerprint density at radius 1 is 1.08 bits per heavy atom. The van der Waals surface area contributed by atoms with E-state index in [9.17, 15) is 4.79 Å². The summed E-state index contributed by atoms with van der Waals surface area (Å²) in [5.74, 6) is 1.44. The number of rotatable bonds is 4. The van der Waals surface area contributed by atoms with Crippen LogP contribution in [0.25, 0.3) is 0 Å². The molecule has 0 fully saturated rings. The molecule has 0 spiro atoms. The number of carbonyl (C=O) groups is 1. The van der Waals surface area contributed by atoms with Gasteiger partial charge in [-0.05, 0) is 47.4 Å². The molecular formula is C19H19Cl2NO3. The molecule has 0 bridgehead atoms. The molecule has 0 unspecified atom stereocenters. The number of benzene rings is 2. The summed E-state index contributed by atoms with van der Waals surface area (Å²) in [6.45, 7) is 1.23. The standard InChI is InChI=1S/C19H19Cl2NO3/c1-24-17-7-12-5-6-22(11-14(12)8-18(17)25-2)19(23)9-13-3-4-15(20)10-16(13)21/h3-4,7-8,10H,5-6,9,11H2,1-2H3. The molecule has 0 atom stereocenters. The highest BCUT2D eigenvalue weighted by Gasteiger charge is 2.23. The van der Waals surface area contributed by atoms with Crippen LogP contribution in [0, 0.1) is 0 Å². The summed E-state index contributed by atoms with van der Waals surface area (Å²) in [5.41, 5.74) is 3.06. The maximum Gasteiger partial charge on any atom is 0.227 e. The van der Waals surface area contributed by atoms with Gasteiger partial charge in [-0.1, -0.05) is 29.3 Å². The third-order valence-corrected chi connectivity index (χ3v) is 5.01. The number of amides is 1. The Morgan fingerprint density at radius 3 is 2.40 bits per heavy atom. The van der Waals surface area contributed by atoms with Gasteiger partial charge in [-0.25, -0.2) is 0 Å². The van der Waals surface area contributed by atoms with Crippen molar-refractivity contribution in [1.29, 1.82) is 0 Å². The van der Waals surface area contributed by atoms with Gasteiger partial charge in [-0.15, -0.1) is 0 Å². The summed E-state index contributed by atoms with van der Waals surface area (Å²) < 4.78 is 10.7. The zero-order valence-electron chi connectivity index (χ0n) is 14.1. The molecule has 1 heterocycles. The van der Waals surface area contributed by atoms with E-state index in [1.165, 1.54) is 5.56 Å². The topological polar surface area (TPSA) is 38.8 Å². The van der Waals surface area contributed by atoms with Gasteiger partial charge in [-0.3, -0.25) is 4.79 Å². The Morgan fingerprint density at radius 2 is 1.76 bits per heavy atom. The van der Waals surface area contributed by atoms with Crippen molar-refractivity contribution in [3.8, 4) is 11.5 Å². The number of ether oxygens (including phenoxy) is 2.